The largest absolute Gasteiger partial charge is 0.465 e. The molecule has 0 aliphatic rings. The predicted molar refractivity (Wildman–Crippen MR) is 134 cm³/mol. The molecule has 0 aliphatic carbocycles. The highest BCUT2D eigenvalue weighted by atomic mass is 35.5. The van der Waals surface area contributed by atoms with E-state index in [4.69, 9.17) is 16.3 Å². The highest BCUT2D eigenvalue weighted by Gasteiger charge is 2.23. The van der Waals surface area contributed by atoms with Crippen molar-refractivity contribution in [2.45, 2.75) is 38.4 Å². The molecule has 174 valence electrons. The first-order chi connectivity index (χ1) is 15.9. The van der Waals surface area contributed by atoms with Crippen LogP contribution in [0.2, 0.25) is 5.02 Å². The highest BCUT2D eigenvalue weighted by molar-refractivity contribution is 7.99. The van der Waals surface area contributed by atoms with Crippen molar-refractivity contribution in [1.82, 2.24) is 14.8 Å². The van der Waals surface area contributed by atoms with Crippen molar-refractivity contribution in [2.75, 3.05) is 18.2 Å². The quantitative estimate of drug-likeness (QED) is 0.233. The molecule has 7 nitrogen and oxygen atoms in total. The Morgan fingerprint density at radius 1 is 1.30 bits per heavy atom. The molecule has 0 fully saturated rings. The molecule has 0 spiro atoms. The van der Waals surface area contributed by atoms with Crippen molar-refractivity contribution in [3.05, 3.63) is 69.3 Å². The molecule has 0 unspecified atom stereocenters. The number of thioether (sulfide) groups is 1. The van der Waals surface area contributed by atoms with Crippen LogP contribution in [0.4, 0.5) is 5.00 Å². The first-order valence-electron chi connectivity index (χ1n) is 10.3. The fourth-order valence-corrected chi connectivity index (χ4v) is 5.40. The molecular weight excluding hydrogens is 480 g/mol. The number of carbonyl (C=O) groups excluding carboxylic acids is 2. The molecule has 0 saturated heterocycles. The van der Waals surface area contributed by atoms with E-state index in [1.165, 1.54) is 30.2 Å². The minimum atomic E-state index is -0.447. The zero-order chi connectivity index (χ0) is 24.0. The van der Waals surface area contributed by atoms with E-state index in [-0.39, 0.29) is 11.7 Å². The maximum Gasteiger partial charge on any atom is 0.341 e. The second-order valence-electron chi connectivity index (χ2n) is 7.12. The lowest BCUT2D eigenvalue weighted by atomic mass is 10.1. The van der Waals surface area contributed by atoms with E-state index in [1.54, 1.807) is 6.08 Å². The van der Waals surface area contributed by atoms with Gasteiger partial charge in [-0.2, -0.15) is 0 Å². The molecule has 0 atom stereocenters. The number of nitrogens with zero attached hydrogens (tertiary/aromatic N) is 3. The summed E-state index contributed by atoms with van der Waals surface area (Å²) in [6.45, 7) is 8.24. The van der Waals surface area contributed by atoms with Crippen LogP contribution >= 0.6 is 34.7 Å². The Labute approximate surface area is 206 Å². The first kappa shape index (κ1) is 25.0. The normalized spacial score (nSPS) is 10.8. The van der Waals surface area contributed by atoms with Crippen LogP contribution in [-0.4, -0.2) is 39.5 Å². The zero-order valence-corrected chi connectivity index (χ0v) is 21.1. The second kappa shape index (κ2) is 11.5. The number of anilines is 1. The van der Waals surface area contributed by atoms with Crippen molar-refractivity contribution < 1.29 is 14.3 Å². The summed E-state index contributed by atoms with van der Waals surface area (Å²) in [6.07, 6.45) is 3.03. The van der Waals surface area contributed by atoms with Gasteiger partial charge in [0.25, 0.3) is 0 Å². The summed E-state index contributed by atoms with van der Waals surface area (Å²) in [5.74, 6) is 0.211. The smallest absolute Gasteiger partial charge is 0.341 e. The Balaban J connectivity index is 1.72. The highest BCUT2D eigenvalue weighted by Crippen LogP contribution is 2.34. The van der Waals surface area contributed by atoms with Crippen LogP contribution in [0.5, 0.6) is 0 Å². The minimum absolute atomic E-state index is 0.120. The molecule has 0 bridgehead atoms. The number of hydrogen-bond donors (Lipinski definition) is 1. The average Bonchev–Trinajstić information content (AvgIpc) is 3.33. The molecule has 1 amide bonds. The maximum atomic E-state index is 12.7. The van der Waals surface area contributed by atoms with Gasteiger partial charge in [0, 0.05) is 22.9 Å². The number of carbonyl (C=O) groups is 2. The van der Waals surface area contributed by atoms with Gasteiger partial charge in [-0.15, -0.1) is 28.1 Å². The maximum absolute atomic E-state index is 12.7. The monoisotopic (exact) mass is 504 g/mol. The van der Waals surface area contributed by atoms with Crippen LogP contribution in [0, 0.1) is 6.92 Å². The number of thiophene rings is 1. The lowest BCUT2D eigenvalue weighted by molar-refractivity contribution is -0.113. The molecule has 2 aromatic heterocycles. The van der Waals surface area contributed by atoms with Gasteiger partial charge in [0.1, 0.15) is 10.8 Å². The number of amides is 1. The Hall–Kier alpha value is -2.62. The Bertz CT molecular complexity index is 1160. The number of esters is 1. The topological polar surface area (TPSA) is 86.1 Å². The lowest BCUT2D eigenvalue weighted by Gasteiger charge is -2.09. The summed E-state index contributed by atoms with van der Waals surface area (Å²) in [5.41, 5.74) is 2.38. The van der Waals surface area contributed by atoms with Crippen LogP contribution in [0.3, 0.4) is 0 Å². The van der Waals surface area contributed by atoms with Crippen LogP contribution in [0.15, 0.2) is 42.1 Å². The third-order valence-corrected chi connectivity index (χ3v) is 7.20. The number of ether oxygens (including phenoxy) is 1. The third kappa shape index (κ3) is 6.04. The van der Waals surface area contributed by atoms with Gasteiger partial charge < -0.3 is 14.6 Å². The van der Waals surface area contributed by atoms with E-state index in [2.05, 4.69) is 22.1 Å². The van der Waals surface area contributed by atoms with Crippen molar-refractivity contribution in [3.8, 4) is 0 Å². The molecule has 2 heterocycles. The minimum Gasteiger partial charge on any atom is -0.465 e. The van der Waals surface area contributed by atoms with Gasteiger partial charge in [-0.25, -0.2) is 4.79 Å². The Kier molecular flexibility index (Phi) is 8.71. The van der Waals surface area contributed by atoms with Crippen LogP contribution in [-0.2, 0) is 28.9 Å². The predicted octanol–water partition coefficient (Wildman–Crippen LogP) is 5.16. The summed E-state index contributed by atoms with van der Waals surface area (Å²) in [6, 6.07) is 7.57. The number of aryl methyl sites for hydroxylation is 1. The third-order valence-electron chi connectivity index (χ3n) is 4.92. The van der Waals surface area contributed by atoms with Gasteiger partial charge >= 0.3 is 5.97 Å². The van der Waals surface area contributed by atoms with E-state index in [9.17, 15) is 9.59 Å². The van der Waals surface area contributed by atoms with Gasteiger partial charge in [0.2, 0.25) is 5.91 Å². The molecule has 1 aromatic carbocycles. The molecule has 1 N–H and O–H groups in total. The standard InChI is InChI=1S/C23H25ClN4O3S2/c1-5-11-28-18(12-15-7-9-16(24)10-8-15)26-27-23(28)32-13-19(29)25-21-20(22(30)31-4)17(6-2)14(3)33-21/h5,7-10H,1,6,11-13H2,2-4H3,(H,25,29). The van der Waals surface area contributed by atoms with Gasteiger partial charge in [-0.1, -0.05) is 48.5 Å². The van der Waals surface area contributed by atoms with Crippen LogP contribution in [0.25, 0.3) is 0 Å². The zero-order valence-electron chi connectivity index (χ0n) is 18.7. The van der Waals surface area contributed by atoms with Gasteiger partial charge in [-0.05, 0) is 36.6 Å². The van der Waals surface area contributed by atoms with E-state index in [1.807, 2.05) is 42.7 Å². The van der Waals surface area contributed by atoms with Crippen molar-refractivity contribution >= 4 is 51.6 Å². The summed E-state index contributed by atoms with van der Waals surface area (Å²) in [7, 11) is 1.34. The molecule has 3 rings (SSSR count). The SMILES string of the molecule is C=CCn1c(Cc2ccc(Cl)cc2)nnc1SCC(=O)Nc1sc(C)c(CC)c1C(=O)OC. The second-order valence-corrected chi connectivity index (χ2v) is 9.73. The summed E-state index contributed by atoms with van der Waals surface area (Å²) in [4.78, 5) is 25.9. The number of allylic oxidation sites excluding steroid dienone is 1. The van der Waals surface area contributed by atoms with Crippen LogP contribution < -0.4 is 5.32 Å². The van der Waals surface area contributed by atoms with Gasteiger partial charge in [0.15, 0.2) is 5.16 Å². The van der Waals surface area contributed by atoms with Gasteiger partial charge in [0.05, 0.1) is 18.4 Å². The number of halogens is 1. The number of benzene rings is 1. The molecule has 0 saturated carbocycles. The Morgan fingerprint density at radius 3 is 2.67 bits per heavy atom. The number of nitrogens with one attached hydrogen (secondary N) is 1. The summed E-state index contributed by atoms with van der Waals surface area (Å²) in [5, 5.41) is 13.3. The molecule has 3 aromatic rings. The average molecular weight is 505 g/mol. The first-order valence-corrected chi connectivity index (χ1v) is 12.5. The summed E-state index contributed by atoms with van der Waals surface area (Å²) < 4.78 is 6.85. The van der Waals surface area contributed by atoms with Gasteiger partial charge in [-0.3, -0.25) is 4.79 Å². The number of rotatable bonds is 10. The molecule has 33 heavy (non-hydrogen) atoms. The lowest BCUT2D eigenvalue weighted by Crippen LogP contribution is -2.16. The van der Waals surface area contributed by atoms with E-state index in [0.717, 1.165) is 21.8 Å². The van der Waals surface area contributed by atoms with Crippen LogP contribution in [0.1, 0.15) is 39.1 Å². The van der Waals surface area contributed by atoms with Crippen molar-refractivity contribution in [3.63, 3.8) is 0 Å². The summed E-state index contributed by atoms with van der Waals surface area (Å²) >= 11 is 8.63. The fourth-order valence-electron chi connectivity index (χ4n) is 3.36. The molecule has 0 aliphatic heterocycles. The van der Waals surface area contributed by atoms with E-state index in [0.29, 0.717) is 40.1 Å². The van der Waals surface area contributed by atoms with Crippen molar-refractivity contribution in [1.29, 1.82) is 0 Å². The molecule has 10 heteroatoms. The number of aromatic nitrogens is 3. The molecule has 0 radical (unpaired) electrons. The Morgan fingerprint density at radius 2 is 2.03 bits per heavy atom. The number of methoxy groups -OCH3 is 1. The van der Waals surface area contributed by atoms with Crippen molar-refractivity contribution in [2.24, 2.45) is 0 Å². The number of hydrogen-bond acceptors (Lipinski definition) is 7. The fraction of sp³-hybridized carbons (Fsp3) is 0.304. The van der Waals surface area contributed by atoms with E-state index < -0.39 is 5.97 Å². The molecular formula is C23H25ClN4O3S2. The van der Waals surface area contributed by atoms with E-state index >= 15 is 0 Å².